The fourth-order valence-corrected chi connectivity index (χ4v) is 5.30. The van der Waals surface area contributed by atoms with E-state index in [0.717, 1.165) is 36.3 Å². The van der Waals surface area contributed by atoms with E-state index in [0.29, 0.717) is 46.6 Å². The third-order valence-corrected chi connectivity index (χ3v) is 7.33. The maximum Gasteiger partial charge on any atom is 0.255 e. The second-order valence-corrected chi connectivity index (χ2v) is 10.1. The monoisotopic (exact) mass is 560 g/mol. The number of methoxy groups -OCH3 is 1. The molecule has 1 saturated heterocycles. The summed E-state index contributed by atoms with van der Waals surface area (Å²) in [6.07, 6.45) is 6.45. The van der Waals surface area contributed by atoms with Crippen molar-refractivity contribution in [1.82, 2.24) is 34.5 Å². The Labute approximate surface area is 234 Å². The molecule has 0 amide bonds. The molecule has 1 aliphatic heterocycles. The van der Waals surface area contributed by atoms with Crippen molar-refractivity contribution in [3.05, 3.63) is 77.6 Å². The fourth-order valence-electron chi connectivity index (χ4n) is 5.14. The zero-order chi connectivity index (χ0) is 27.9. The molecule has 4 N–H and O–H groups in total. The second-order valence-electron chi connectivity index (χ2n) is 9.72. The molecular weight excluding hydrogens is 535 g/mol. The number of piperidine rings is 1. The fraction of sp³-hybridized carbons (Fsp3) is 0.259. The second kappa shape index (κ2) is 10.3. The summed E-state index contributed by atoms with van der Waals surface area (Å²) in [6.45, 7) is 1.66. The van der Waals surface area contributed by atoms with Gasteiger partial charge in [-0.2, -0.15) is 4.39 Å². The first-order valence-electron chi connectivity index (χ1n) is 12.6. The van der Waals surface area contributed by atoms with E-state index in [-0.39, 0.29) is 5.75 Å². The molecule has 0 aliphatic carbocycles. The van der Waals surface area contributed by atoms with Gasteiger partial charge in [-0.3, -0.25) is 4.98 Å². The number of nitrogen functional groups attached to an aromatic ring is 1. The van der Waals surface area contributed by atoms with Gasteiger partial charge in [0.15, 0.2) is 17.2 Å². The normalized spacial score (nSPS) is 17.4. The van der Waals surface area contributed by atoms with Crippen molar-refractivity contribution in [2.24, 2.45) is 5.73 Å². The molecule has 0 spiro atoms. The van der Waals surface area contributed by atoms with Crippen LogP contribution in [0.4, 0.5) is 15.9 Å². The summed E-state index contributed by atoms with van der Waals surface area (Å²) in [5, 5.41) is 0.402. The zero-order valence-corrected chi connectivity index (χ0v) is 22.4. The molecule has 6 heterocycles. The van der Waals surface area contributed by atoms with Gasteiger partial charge < -0.3 is 25.7 Å². The maximum absolute atomic E-state index is 14.5. The van der Waals surface area contributed by atoms with Crippen molar-refractivity contribution in [1.29, 1.82) is 0 Å². The van der Waals surface area contributed by atoms with E-state index in [1.54, 1.807) is 24.7 Å². The summed E-state index contributed by atoms with van der Waals surface area (Å²) in [7, 11) is 1.39. The van der Waals surface area contributed by atoms with Gasteiger partial charge in [-0.05, 0) is 48.7 Å². The molecule has 6 rings (SSSR count). The Hall–Kier alpha value is -4.42. The zero-order valence-electron chi connectivity index (χ0n) is 21.6. The Bertz CT molecular complexity index is 1710. The predicted octanol–water partition coefficient (Wildman–Crippen LogP) is 3.56. The molecule has 13 heteroatoms. The minimum Gasteiger partial charge on any atom is -0.492 e. The molecule has 5 aromatic heterocycles. The van der Waals surface area contributed by atoms with Crippen LogP contribution in [0.2, 0.25) is 5.15 Å². The van der Waals surface area contributed by atoms with E-state index in [1.165, 1.54) is 19.5 Å². The minimum atomic E-state index is -0.710. The van der Waals surface area contributed by atoms with Crippen molar-refractivity contribution in [2.45, 2.75) is 24.9 Å². The lowest BCUT2D eigenvalue weighted by molar-refractivity contribution is 0.345. The molecule has 1 fully saturated rings. The standard InChI is InChI=1S/C27H26ClFN10O/c1-40-20-7-6-17(36-24(20)29)18-10-16(12-39-15-35-23-25(30)33-14-34-26(23)39)19(11-32-18)38-9-3-8-27(31,13-38)21-4-2-5-22(28)37-21/h2,4-7,10-11,14-15H,3,8-9,12-13,31H2,1H3,(H2,30,33,34)/t27-/m1/s1. The number of nitrogens with two attached hydrogens (primary N) is 2. The molecule has 204 valence electrons. The van der Waals surface area contributed by atoms with Crippen molar-refractivity contribution in [2.75, 3.05) is 30.8 Å². The average molecular weight is 561 g/mol. The van der Waals surface area contributed by atoms with Gasteiger partial charge in [0.05, 0.1) is 54.5 Å². The smallest absolute Gasteiger partial charge is 0.255 e. The van der Waals surface area contributed by atoms with Gasteiger partial charge in [-0.15, -0.1) is 0 Å². The number of rotatable bonds is 6. The van der Waals surface area contributed by atoms with Gasteiger partial charge in [0.25, 0.3) is 5.95 Å². The lowest BCUT2D eigenvalue weighted by atomic mass is 9.86. The molecule has 0 aromatic carbocycles. The van der Waals surface area contributed by atoms with Gasteiger partial charge in [0, 0.05) is 13.1 Å². The number of hydrogen-bond acceptors (Lipinski definition) is 10. The highest BCUT2D eigenvalue weighted by molar-refractivity contribution is 6.29. The van der Waals surface area contributed by atoms with E-state index in [4.69, 9.17) is 27.8 Å². The number of anilines is 2. The number of pyridine rings is 3. The molecule has 0 radical (unpaired) electrons. The maximum atomic E-state index is 14.5. The summed E-state index contributed by atoms with van der Waals surface area (Å²) in [4.78, 5) is 28.3. The molecule has 0 unspecified atom stereocenters. The van der Waals surface area contributed by atoms with E-state index < -0.39 is 11.5 Å². The molecular formula is C27H26ClFN10O. The van der Waals surface area contributed by atoms with Gasteiger partial charge in [-0.25, -0.2) is 24.9 Å². The van der Waals surface area contributed by atoms with Gasteiger partial charge in [0.1, 0.15) is 17.0 Å². The third-order valence-electron chi connectivity index (χ3n) is 7.12. The van der Waals surface area contributed by atoms with Crippen LogP contribution in [0.1, 0.15) is 24.1 Å². The SMILES string of the molecule is COc1ccc(-c2cc(Cn3cnc4c(N)ncnc43)c(N3CCC[C@](N)(c4cccc(Cl)n4)C3)cn2)nc1F. The lowest BCUT2D eigenvalue weighted by Crippen LogP contribution is -2.52. The topological polar surface area (TPSA) is 147 Å². The Kier molecular flexibility index (Phi) is 6.64. The molecule has 0 saturated carbocycles. The van der Waals surface area contributed by atoms with Crippen LogP contribution in [0.5, 0.6) is 5.75 Å². The Morgan fingerprint density at radius 2 is 1.98 bits per heavy atom. The number of aromatic nitrogens is 7. The highest BCUT2D eigenvalue weighted by Crippen LogP contribution is 2.34. The van der Waals surface area contributed by atoms with E-state index >= 15 is 0 Å². The summed E-state index contributed by atoms with van der Waals surface area (Å²) in [6, 6.07) is 10.6. The summed E-state index contributed by atoms with van der Waals surface area (Å²) in [5.41, 5.74) is 16.7. The van der Waals surface area contributed by atoms with Crippen LogP contribution >= 0.6 is 11.6 Å². The van der Waals surface area contributed by atoms with Crippen LogP contribution < -0.4 is 21.1 Å². The highest BCUT2D eigenvalue weighted by atomic mass is 35.5. The Morgan fingerprint density at radius 3 is 2.77 bits per heavy atom. The molecule has 0 bridgehead atoms. The van der Waals surface area contributed by atoms with Gasteiger partial charge >= 0.3 is 0 Å². The minimum absolute atomic E-state index is 0.0602. The molecule has 5 aromatic rings. The molecule has 1 atom stereocenters. The summed E-state index contributed by atoms with van der Waals surface area (Å²) in [5.74, 6) is -0.349. The number of nitrogens with zero attached hydrogens (tertiary/aromatic N) is 8. The van der Waals surface area contributed by atoms with Crippen LogP contribution in [0.15, 0.2) is 55.2 Å². The predicted molar refractivity (Wildman–Crippen MR) is 149 cm³/mol. The molecule has 40 heavy (non-hydrogen) atoms. The van der Waals surface area contributed by atoms with Gasteiger partial charge in [-0.1, -0.05) is 17.7 Å². The largest absolute Gasteiger partial charge is 0.492 e. The summed E-state index contributed by atoms with van der Waals surface area (Å²) >= 11 is 6.19. The number of hydrogen-bond donors (Lipinski definition) is 2. The number of fused-ring (bicyclic) bond motifs is 1. The van der Waals surface area contributed by atoms with Crippen LogP contribution in [-0.2, 0) is 12.1 Å². The van der Waals surface area contributed by atoms with Crippen LogP contribution in [0.25, 0.3) is 22.6 Å². The number of ether oxygens (including phenoxy) is 1. The van der Waals surface area contributed by atoms with Crippen molar-refractivity contribution < 1.29 is 9.13 Å². The Morgan fingerprint density at radius 1 is 1.10 bits per heavy atom. The first kappa shape index (κ1) is 25.8. The third kappa shape index (κ3) is 4.75. The molecule has 11 nitrogen and oxygen atoms in total. The quantitative estimate of drug-likeness (QED) is 0.295. The van der Waals surface area contributed by atoms with Crippen LogP contribution in [-0.4, -0.2) is 54.7 Å². The Balaban J connectivity index is 1.42. The lowest BCUT2D eigenvalue weighted by Gasteiger charge is -2.41. The number of halogens is 2. The van der Waals surface area contributed by atoms with E-state index in [1.807, 2.05) is 22.8 Å². The van der Waals surface area contributed by atoms with E-state index in [9.17, 15) is 4.39 Å². The average Bonchev–Trinajstić information content (AvgIpc) is 3.37. The first-order valence-corrected chi connectivity index (χ1v) is 13.0. The van der Waals surface area contributed by atoms with E-state index in [2.05, 4.69) is 34.8 Å². The molecule has 1 aliphatic rings. The van der Waals surface area contributed by atoms with Crippen molar-refractivity contribution in [3.8, 4) is 17.1 Å². The highest BCUT2D eigenvalue weighted by Gasteiger charge is 2.35. The van der Waals surface area contributed by atoms with Crippen molar-refractivity contribution >= 4 is 34.3 Å². The van der Waals surface area contributed by atoms with Crippen LogP contribution in [0, 0.1) is 5.95 Å². The van der Waals surface area contributed by atoms with Gasteiger partial charge in [0.2, 0.25) is 0 Å². The first-order chi connectivity index (χ1) is 19.3. The van der Waals surface area contributed by atoms with Crippen LogP contribution in [0.3, 0.4) is 0 Å². The van der Waals surface area contributed by atoms with Crippen molar-refractivity contribution in [3.63, 3.8) is 0 Å². The number of imidazole rings is 1. The summed E-state index contributed by atoms with van der Waals surface area (Å²) < 4.78 is 21.4.